The molecule has 102 valence electrons. The van der Waals surface area contributed by atoms with Crippen LogP contribution in [0.4, 0.5) is 0 Å². The third-order valence-electron chi connectivity index (χ3n) is 2.54. The van der Waals surface area contributed by atoms with Gasteiger partial charge in [0.05, 0.1) is 6.61 Å². The molecule has 0 aromatic carbocycles. The van der Waals surface area contributed by atoms with Crippen molar-refractivity contribution in [2.24, 2.45) is 0 Å². The molecule has 1 aromatic rings. The lowest BCUT2D eigenvalue weighted by Crippen LogP contribution is -2.06. The Morgan fingerprint density at radius 3 is 2.72 bits per heavy atom. The lowest BCUT2D eigenvalue weighted by molar-refractivity contribution is 0.0512. The Morgan fingerprint density at radius 2 is 2.00 bits per heavy atom. The molecule has 0 aliphatic carbocycles. The second-order valence-corrected chi connectivity index (χ2v) is 4.41. The summed E-state index contributed by atoms with van der Waals surface area (Å²) < 4.78 is 4.81. The summed E-state index contributed by atoms with van der Waals surface area (Å²) in [4.78, 5) is 15.4. The van der Waals surface area contributed by atoms with Crippen molar-refractivity contribution in [3.63, 3.8) is 0 Å². The largest absolute Gasteiger partial charge is 0.460 e. The molecular weight excluding hydrogens is 254 g/mol. The summed E-state index contributed by atoms with van der Waals surface area (Å²) in [5, 5.41) is 6.60. The number of halogens is 1. The van der Waals surface area contributed by atoms with Crippen LogP contribution in [0.2, 0.25) is 0 Å². The fourth-order valence-electron chi connectivity index (χ4n) is 1.61. The second-order valence-electron chi connectivity index (χ2n) is 4.03. The highest BCUT2D eigenvalue weighted by Gasteiger charge is 2.12. The molecule has 0 unspecified atom stereocenters. The van der Waals surface area contributed by atoms with E-state index in [4.69, 9.17) is 16.3 Å². The van der Waals surface area contributed by atoms with Crippen LogP contribution >= 0.6 is 11.6 Å². The van der Waals surface area contributed by atoms with E-state index in [2.05, 4.69) is 15.2 Å². The Hall–Kier alpha value is -1.10. The van der Waals surface area contributed by atoms with E-state index in [-0.39, 0.29) is 5.82 Å². The van der Waals surface area contributed by atoms with E-state index in [1.165, 1.54) is 12.8 Å². The summed E-state index contributed by atoms with van der Waals surface area (Å²) in [5.74, 6) is 1.14. The molecule has 6 heteroatoms. The Balaban J connectivity index is 2.21. The number of aromatic amines is 1. The van der Waals surface area contributed by atoms with Gasteiger partial charge in [0.2, 0.25) is 0 Å². The lowest BCUT2D eigenvalue weighted by atomic mass is 10.1. The van der Waals surface area contributed by atoms with Crippen molar-refractivity contribution in [2.45, 2.75) is 45.4 Å². The average molecular weight is 274 g/mol. The zero-order valence-corrected chi connectivity index (χ0v) is 11.5. The van der Waals surface area contributed by atoms with Crippen molar-refractivity contribution in [2.75, 3.05) is 12.5 Å². The first-order chi connectivity index (χ1) is 8.77. The first-order valence-corrected chi connectivity index (χ1v) is 6.95. The topological polar surface area (TPSA) is 67.9 Å². The molecule has 18 heavy (non-hydrogen) atoms. The molecule has 0 bridgehead atoms. The third-order valence-corrected chi connectivity index (χ3v) is 2.80. The first kappa shape index (κ1) is 15.0. The Kier molecular flexibility index (Phi) is 7.41. The SMILES string of the molecule is CCOC(=O)c1n[nH]c(CCCCCCCCl)n1. The molecule has 0 saturated heterocycles. The smallest absolute Gasteiger partial charge is 0.378 e. The number of nitrogens with zero attached hydrogens (tertiary/aromatic N) is 2. The molecule has 0 fully saturated rings. The molecular formula is C12H20ClN3O2. The second kappa shape index (κ2) is 8.91. The van der Waals surface area contributed by atoms with Gasteiger partial charge in [-0.15, -0.1) is 16.7 Å². The zero-order chi connectivity index (χ0) is 13.2. The summed E-state index contributed by atoms with van der Waals surface area (Å²) in [6.45, 7) is 2.09. The number of esters is 1. The maximum atomic E-state index is 11.3. The summed E-state index contributed by atoms with van der Waals surface area (Å²) in [6.07, 6.45) is 6.44. The minimum Gasteiger partial charge on any atom is -0.460 e. The monoisotopic (exact) mass is 273 g/mol. The van der Waals surface area contributed by atoms with Crippen LogP contribution in [0.15, 0.2) is 0 Å². The van der Waals surface area contributed by atoms with E-state index in [1.54, 1.807) is 6.92 Å². The average Bonchev–Trinajstić information content (AvgIpc) is 2.83. The van der Waals surface area contributed by atoms with Gasteiger partial charge < -0.3 is 4.74 Å². The van der Waals surface area contributed by atoms with E-state index >= 15 is 0 Å². The molecule has 0 spiro atoms. The van der Waals surface area contributed by atoms with Crippen molar-refractivity contribution in [3.8, 4) is 0 Å². The summed E-state index contributed by atoms with van der Waals surface area (Å²) in [6, 6.07) is 0. The number of aryl methyl sites for hydroxylation is 1. The highest BCUT2D eigenvalue weighted by atomic mass is 35.5. The standard InChI is InChI=1S/C12H20ClN3O2/c1-2-18-12(17)11-14-10(15-16-11)8-6-4-3-5-7-9-13/h2-9H2,1H3,(H,14,15,16). The molecule has 5 nitrogen and oxygen atoms in total. The van der Waals surface area contributed by atoms with Crippen LogP contribution in [0.5, 0.6) is 0 Å². The molecule has 1 heterocycles. The van der Waals surface area contributed by atoms with E-state index in [0.29, 0.717) is 6.61 Å². The minimum atomic E-state index is -0.470. The molecule has 0 radical (unpaired) electrons. The number of carbonyl (C=O) groups is 1. The van der Waals surface area contributed by atoms with E-state index in [0.717, 1.165) is 37.4 Å². The van der Waals surface area contributed by atoms with Gasteiger partial charge in [0, 0.05) is 12.3 Å². The van der Waals surface area contributed by atoms with Crippen molar-refractivity contribution < 1.29 is 9.53 Å². The minimum absolute atomic E-state index is 0.119. The molecule has 0 aliphatic rings. The van der Waals surface area contributed by atoms with Crippen LogP contribution in [0.3, 0.4) is 0 Å². The van der Waals surface area contributed by atoms with Crippen molar-refractivity contribution in [1.82, 2.24) is 15.2 Å². The number of hydrogen-bond donors (Lipinski definition) is 1. The van der Waals surface area contributed by atoms with Crippen LogP contribution in [-0.2, 0) is 11.2 Å². The number of ether oxygens (including phenoxy) is 1. The van der Waals surface area contributed by atoms with E-state index in [9.17, 15) is 4.79 Å². The Labute approximate surface area is 112 Å². The van der Waals surface area contributed by atoms with Gasteiger partial charge in [-0.3, -0.25) is 5.10 Å². The predicted molar refractivity (Wildman–Crippen MR) is 69.8 cm³/mol. The molecule has 1 rings (SSSR count). The highest BCUT2D eigenvalue weighted by molar-refractivity contribution is 6.17. The van der Waals surface area contributed by atoms with Gasteiger partial charge in [0.25, 0.3) is 5.82 Å². The molecule has 1 N–H and O–H groups in total. The number of unbranched alkanes of at least 4 members (excludes halogenated alkanes) is 4. The van der Waals surface area contributed by atoms with Crippen molar-refractivity contribution in [3.05, 3.63) is 11.6 Å². The van der Waals surface area contributed by atoms with Crippen LogP contribution < -0.4 is 0 Å². The molecule has 0 atom stereocenters. The summed E-state index contributed by atoms with van der Waals surface area (Å²) >= 11 is 5.60. The van der Waals surface area contributed by atoms with Crippen LogP contribution in [0.25, 0.3) is 0 Å². The van der Waals surface area contributed by atoms with Crippen molar-refractivity contribution in [1.29, 1.82) is 0 Å². The van der Waals surface area contributed by atoms with Gasteiger partial charge in [-0.2, -0.15) is 0 Å². The van der Waals surface area contributed by atoms with Crippen LogP contribution in [0.1, 0.15) is 55.5 Å². The van der Waals surface area contributed by atoms with E-state index in [1.807, 2.05) is 0 Å². The van der Waals surface area contributed by atoms with Crippen LogP contribution in [0, 0.1) is 0 Å². The Bertz CT molecular complexity index is 355. The van der Waals surface area contributed by atoms with Gasteiger partial charge in [0.1, 0.15) is 5.82 Å². The van der Waals surface area contributed by atoms with Gasteiger partial charge in [-0.1, -0.05) is 19.3 Å². The van der Waals surface area contributed by atoms with Gasteiger partial charge in [0.15, 0.2) is 0 Å². The Morgan fingerprint density at radius 1 is 1.28 bits per heavy atom. The highest BCUT2D eigenvalue weighted by Crippen LogP contribution is 2.07. The number of aromatic nitrogens is 3. The number of carbonyl (C=O) groups excluding carboxylic acids is 1. The van der Waals surface area contributed by atoms with Gasteiger partial charge in [-0.25, -0.2) is 9.78 Å². The lowest BCUT2D eigenvalue weighted by Gasteiger charge is -1.98. The zero-order valence-electron chi connectivity index (χ0n) is 10.7. The fourth-order valence-corrected chi connectivity index (χ4v) is 1.80. The molecule has 1 aromatic heterocycles. The maximum absolute atomic E-state index is 11.3. The quantitative estimate of drug-likeness (QED) is 0.427. The number of alkyl halides is 1. The number of H-pyrrole nitrogens is 1. The summed E-state index contributed by atoms with van der Waals surface area (Å²) in [7, 11) is 0. The number of rotatable bonds is 9. The summed E-state index contributed by atoms with van der Waals surface area (Å²) in [5.41, 5.74) is 0. The maximum Gasteiger partial charge on any atom is 0.378 e. The molecule has 0 aliphatic heterocycles. The normalized spacial score (nSPS) is 10.6. The fraction of sp³-hybridized carbons (Fsp3) is 0.750. The molecule has 0 saturated carbocycles. The third kappa shape index (κ3) is 5.49. The van der Waals surface area contributed by atoms with Gasteiger partial charge in [-0.05, 0) is 19.8 Å². The van der Waals surface area contributed by atoms with E-state index < -0.39 is 5.97 Å². The predicted octanol–water partition coefficient (Wildman–Crippen LogP) is 2.71. The molecule has 0 amide bonds. The van der Waals surface area contributed by atoms with Crippen LogP contribution in [-0.4, -0.2) is 33.6 Å². The number of hydrogen-bond acceptors (Lipinski definition) is 4. The van der Waals surface area contributed by atoms with Crippen molar-refractivity contribution >= 4 is 17.6 Å². The van der Waals surface area contributed by atoms with Gasteiger partial charge >= 0.3 is 5.97 Å². The number of nitrogens with one attached hydrogen (secondary N) is 1. The first-order valence-electron chi connectivity index (χ1n) is 6.42.